The van der Waals surface area contributed by atoms with Crippen molar-refractivity contribution in [3.8, 4) is 5.75 Å². The van der Waals surface area contributed by atoms with Crippen molar-refractivity contribution in [3.05, 3.63) is 59.7 Å². The molecule has 0 aromatic heterocycles. The average Bonchev–Trinajstić information content (AvgIpc) is 3.16. The van der Waals surface area contributed by atoms with E-state index in [-0.39, 0.29) is 23.7 Å². The summed E-state index contributed by atoms with van der Waals surface area (Å²) in [7, 11) is 0. The van der Waals surface area contributed by atoms with Crippen molar-refractivity contribution in [2.45, 2.75) is 31.8 Å². The Labute approximate surface area is 167 Å². The molecule has 152 valence electrons. The molecular weight excluding hydrogens is 378 g/mol. The van der Waals surface area contributed by atoms with Crippen LogP contribution in [-0.2, 0) is 4.79 Å². The van der Waals surface area contributed by atoms with Gasteiger partial charge in [0.1, 0.15) is 11.9 Å². The van der Waals surface area contributed by atoms with E-state index < -0.39 is 11.6 Å². The van der Waals surface area contributed by atoms with Crippen LogP contribution in [-0.4, -0.2) is 42.5 Å². The Kier molecular flexibility index (Phi) is 5.47. The maximum Gasteiger partial charge on any atom is 0.253 e. The zero-order chi connectivity index (χ0) is 20.4. The molecule has 2 heterocycles. The number of hydrogen-bond donors (Lipinski definition) is 0. The number of ether oxygens (including phenoxy) is 1. The van der Waals surface area contributed by atoms with Gasteiger partial charge in [0, 0.05) is 56.2 Å². The van der Waals surface area contributed by atoms with Crippen LogP contribution in [0.5, 0.6) is 5.75 Å². The normalized spacial score (nSPS) is 17.7. The van der Waals surface area contributed by atoms with Crippen LogP contribution in [0.2, 0.25) is 0 Å². The number of hydrogen-bond acceptors (Lipinski definition) is 3. The van der Waals surface area contributed by atoms with Crippen molar-refractivity contribution in [2.75, 3.05) is 24.5 Å². The number of halogens is 2. The van der Waals surface area contributed by atoms with Gasteiger partial charge >= 0.3 is 0 Å². The molecule has 0 unspecified atom stereocenters. The number of rotatable bonds is 4. The van der Waals surface area contributed by atoms with E-state index in [2.05, 4.69) is 0 Å². The predicted molar refractivity (Wildman–Crippen MR) is 104 cm³/mol. The molecule has 0 N–H and O–H groups in total. The van der Waals surface area contributed by atoms with Crippen molar-refractivity contribution < 1.29 is 23.1 Å². The Morgan fingerprint density at radius 2 is 1.72 bits per heavy atom. The van der Waals surface area contributed by atoms with Crippen LogP contribution in [0.3, 0.4) is 0 Å². The van der Waals surface area contributed by atoms with Gasteiger partial charge in [-0.2, -0.15) is 0 Å². The van der Waals surface area contributed by atoms with Crippen LogP contribution >= 0.6 is 0 Å². The molecule has 0 radical (unpaired) electrons. The minimum absolute atomic E-state index is 0.0308. The molecule has 2 saturated heterocycles. The second-order valence-corrected chi connectivity index (χ2v) is 7.38. The number of carbonyl (C=O) groups excluding carboxylic acids is 2. The van der Waals surface area contributed by atoms with E-state index in [4.69, 9.17) is 4.74 Å². The van der Waals surface area contributed by atoms with E-state index in [1.807, 2.05) is 12.1 Å². The zero-order valence-electron chi connectivity index (χ0n) is 15.9. The third-order valence-corrected chi connectivity index (χ3v) is 5.42. The van der Waals surface area contributed by atoms with E-state index in [1.165, 1.54) is 6.07 Å². The van der Waals surface area contributed by atoms with E-state index in [9.17, 15) is 18.4 Å². The highest BCUT2D eigenvalue weighted by Gasteiger charge is 2.26. The summed E-state index contributed by atoms with van der Waals surface area (Å²) < 4.78 is 32.4. The summed E-state index contributed by atoms with van der Waals surface area (Å²) in [5.41, 5.74) is 1.39. The fourth-order valence-electron chi connectivity index (χ4n) is 3.81. The summed E-state index contributed by atoms with van der Waals surface area (Å²) in [6.45, 7) is 1.71. The van der Waals surface area contributed by atoms with E-state index in [1.54, 1.807) is 21.9 Å². The molecule has 2 amide bonds. The highest BCUT2D eigenvalue weighted by atomic mass is 19.1. The van der Waals surface area contributed by atoms with Crippen LogP contribution in [0.25, 0.3) is 0 Å². The number of anilines is 1. The summed E-state index contributed by atoms with van der Waals surface area (Å²) in [5, 5.41) is 0. The standard InChI is InChI=1S/C22H22F2N2O3/c23-16-5-8-20(19(24)14-16)29-18-9-12-25(13-10-18)22(28)15-3-6-17(7-4-15)26-11-1-2-21(26)27/h3-8,14,18H,1-2,9-13H2. The van der Waals surface area contributed by atoms with Gasteiger partial charge in [0.15, 0.2) is 11.6 Å². The maximum atomic E-state index is 13.7. The van der Waals surface area contributed by atoms with Gasteiger partial charge in [-0.1, -0.05) is 0 Å². The van der Waals surface area contributed by atoms with E-state index >= 15 is 0 Å². The van der Waals surface area contributed by atoms with Crippen molar-refractivity contribution in [2.24, 2.45) is 0 Å². The molecule has 0 bridgehead atoms. The first-order chi connectivity index (χ1) is 14.0. The molecule has 4 rings (SSSR count). The monoisotopic (exact) mass is 400 g/mol. The van der Waals surface area contributed by atoms with Gasteiger partial charge in [-0.05, 0) is 42.8 Å². The van der Waals surface area contributed by atoms with Gasteiger partial charge in [0.25, 0.3) is 5.91 Å². The quantitative estimate of drug-likeness (QED) is 0.785. The van der Waals surface area contributed by atoms with Gasteiger partial charge in [0.05, 0.1) is 0 Å². The van der Waals surface area contributed by atoms with Gasteiger partial charge in [-0.15, -0.1) is 0 Å². The van der Waals surface area contributed by atoms with Crippen LogP contribution in [0.4, 0.5) is 14.5 Å². The molecule has 0 saturated carbocycles. The van der Waals surface area contributed by atoms with Crippen molar-refractivity contribution >= 4 is 17.5 Å². The number of benzene rings is 2. The van der Waals surface area contributed by atoms with Gasteiger partial charge in [-0.3, -0.25) is 9.59 Å². The Morgan fingerprint density at radius 1 is 1.00 bits per heavy atom. The topological polar surface area (TPSA) is 49.9 Å². The number of likely N-dealkylation sites (tertiary alicyclic amines) is 1. The first kappa shape index (κ1) is 19.4. The first-order valence-corrected chi connectivity index (χ1v) is 9.82. The molecular formula is C22H22F2N2O3. The molecule has 0 atom stereocenters. The fraction of sp³-hybridized carbons (Fsp3) is 0.364. The number of amides is 2. The zero-order valence-corrected chi connectivity index (χ0v) is 15.9. The third-order valence-electron chi connectivity index (χ3n) is 5.42. The Balaban J connectivity index is 1.33. The SMILES string of the molecule is O=C(c1ccc(N2CCCC2=O)cc1)N1CCC(Oc2ccc(F)cc2F)CC1. The molecule has 29 heavy (non-hydrogen) atoms. The average molecular weight is 400 g/mol. The largest absolute Gasteiger partial charge is 0.487 e. The fourth-order valence-corrected chi connectivity index (χ4v) is 3.81. The smallest absolute Gasteiger partial charge is 0.253 e. The summed E-state index contributed by atoms with van der Waals surface area (Å²) in [4.78, 5) is 28.1. The lowest BCUT2D eigenvalue weighted by molar-refractivity contribution is -0.117. The van der Waals surface area contributed by atoms with Gasteiger partial charge in [0.2, 0.25) is 5.91 Å². The Bertz CT molecular complexity index is 909. The lowest BCUT2D eigenvalue weighted by Gasteiger charge is -2.32. The van der Waals surface area contributed by atoms with Gasteiger partial charge < -0.3 is 14.5 Å². The molecule has 2 aromatic carbocycles. The summed E-state index contributed by atoms with van der Waals surface area (Å²) in [6, 6.07) is 10.4. The highest BCUT2D eigenvalue weighted by Crippen LogP contribution is 2.25. The number of carbonyl (C=O) groups is 2. The van der Waals surface area contributed by atoms with Crippen molar-refractivity contribution in [3.63, 3.8) is 0 Å². The molecule has 2 aromatic rings. The molecule has 7 heteroatoms. The number of nitrogens with zero attached hydrogens (tertiary/aromatic N) is 2. The highest BCUT2D eigenvalue weighted by molar-refractivity contribution is 5.97. The van der Waals surface area contributed by atoms with Crippen molar-refractivity contribution in [1.29, 1.82) is 0 Å². The predicted octanol–water partition coefficient (Wildman–Crippen LogP) is 3.78. The Hall–Kier alpha value is -2.96. The lowest BCUT2D eigenvalue weighted by atomic mass is 10.1. The minimum atomic E-state index is -0.722. The maximum absolute atomic E-state index is 13.7. The third kappa shape index (κ3) is 4.23. The van der Waals surface area contributed by atoms with Crippen molar-refractivity contribution in [1.82, 2.24) is 4.90 Å². The Morgan fingerprint density at radius 3 is 2.34 bits per heavy atom. The molecule has 0 aliphatic carbocycles. The molecule has 5 nitrogen and oxygen atoms in total. The molecule has 2 fully saturated rings. The summed E-state index contributed by atoms with van der Waals surface area (Å²) in [5.74, 6) is -1.29. The second-order valence-electron chi connectivity index (χ2n) is 7.38. The summed E-state index contributed by atoms with van der Waals surface area (Å²) in [6.07, 6.45) is 2.35. The molecule has 2 aliphatic rings. The summed E-state index contributed by atoms with van der Waals surface area (Å²) >= 11 is 0. The van der Waals surface area contributed by atoms with Crippen LogP contribution < -0.4 is 9.64 Å². The van der Waals surface area contributed by atoms with E-state index in [0.29, 0.717) is 44.5 Å². The lowest BCUT2D eigenvalue weighted by Crippen LogP contribution is -2.41. The van der Waals surface area contributed by atoms with Crippen LogP contribution in [0, 0.1) is 11.6 Å². The van der Waals surface area contributed by atoms with Crippen LogP contribution in [0.15, 0.2) is 42.5 Å². The molecule has 0 spiro atoms. The van der Waals surface area contributed by atoms with Gasteiger partial charge in [-0.25, -0.2) is 8.78 Å². The molecule has 2 aliphatic heterocycles. The minimum Gasteiger partial charge on any atom is -0.487 e. The van der Waals surface area contributed by atoms with Crippen LogP contribution in [0.1, 0.15) is 36.0 Å². The first-order valence-electron chi connectivity index (χ1n) is 9.82. The van der Waals surface area contributed by atoms with E-state index in [0.717, 1.165) is 24.2 Å². The number of piperidine rings is 1. The second kappa shape index (κ2) is 8.19.